The molecule has 0 aliphatic carbocycles. The Balaban J connectivity index is 1.54. The predicted molar refractivity (Wildman–Crippen MR) is 97.9 cm³/mol. The van der Waals surface area contributed by atoms with Gasteiger partial charge < -0.3 is 11.1 Å². The Kier molecular flexibility index (Phi) is 3.93. The highest BCUT2D eigenvalue weighted by molar-refractivity contribution is 7.12. The lowest BCUT2D eigenvalue weighted by molar-refractivity contribution is 0.0951. The minimum Gasteiger partial charge on any atom is -0.368 e. The second kappa shape index (κ2) is 6.41. The quantitative estimate of drug-likeness (QED) is 0.569. The van der Waals surface area contributed by atoms with E-state index in [0.29, 0.717) is 4.88 Å². The van der Waals surface area contributed by atoms with Crippen molar-refractivity contribution in [3.8, 4) is 5.69 Å². The summed E-state index contributed by atoms with van der Waals surface area (Å²) in [6.45, 7) is 1.87. The third-order valence-electron chi connectivity index (χ3n) is 3.69. The second-order valence-corrected chi connectivity index (χ2v) is 6.37. The summed E-state index contributed by atoms with van der Waals surface area (Å²) in [6.07, 6.45) is 3.09. The zero-order valence-electron chi connectivity index (χ0n) is 13.7. The fourth-order valence-corrected chi connectivity index (χ4v) is 3.23. The number of nitrogens with one attached hydrogen (secondary N) is 1. The van der Waals surface area contributed by atoms with Gasteiger partial charge in [0, 0.05) is 5.69 Å². The monoisotopic (exact) mass is 366 g/mol. The molecule has 10 heteroatoms. The highest BCUT2D eigenvalue weighted by atomic mass is 32.1. The first-order valence-corrected chi connectivity index (χ1v) is 8.53. The topological polar surface area (TPSA) is 117 Å². The minimum absolute atomic E-state index is 0.0320. The van der Waals surface area contributed by atoms with Gasteiger partial charge in [0.2, 0.25) is 11.9 Å². The van der Waals surface area contributed by atoms with Crippen molar-refractivity contribution in [2.24, 2.45) is 0 Å². The summed E-state index contributed by atoms with van der Waals surface area (Å²) in [5, 5.41) is 13.1. The molecule has 3 aromatic heterocycles. The number of carbonyl (C=O) groups excluding carboxylic acids is 1. The molecule has 0 bridgehead atoms. The molecular weight excluding hydrogens is 352 g/mol. The molecule has 130 valence electrons. The van der Waals surface area contributed by atoms with Gasteiger partial charge in [-0.05, 0) is 48.2 Å². The summed E-state index contributed by atoms with van der Waals surface area (Å²) in [5.41, 5.74) is 8.36. The van der Waals surface area contributed by atoms with Crippen LogP contribution in [0.1, 0.15) is 15.2 Å². The molecule has 0 saturated heterocycles. The molecule has 0 fully saturated rings. The van der Waals surface area contributed by atoms with Crippen molar-refractivity contribution in [2.45, 2.75) is 6.92 Å². The molecule has 0 amide bonds. The molecular formula is C16H14N8OS. The van der Waals surface area contributed by atoms with Crippen molar-refractivity contribution in [1.82, 2.24) is 29.5 Å². The fraction of sp³-hybridized carbons (Fsp3) is 0.0625. The summed E-state index contributed by atoms with van der Waals surface area (Å²) in [7, 11) is 0. The van der Waals surface area contributed by atoms with E-state index < -0.39 is 0 Å². The highest BCUT2D eigenvalue weighted by Crippen LogP contribution is 2.20. The summed E-state index contributed by atoms with van der Waals surface area (Å²) in [4.78, 5) is 21.2. The average Bonchev–Trinajstić information content (AvgIpc) is 3.37. The number of nitrogens with two attached hydrogens (primary N) is 1. The van der Waals surface area contributed by atoms with Gasteiger partial charge >= 0.3 is 0 Å². The molecule has 0 atom stereocenters. The SMILES string of the molecule is Cc1ccsc1C(=O)n1nc(Nc2ccc(-n3cncn3)cc2)nc1N. The number of rotatable bonds is 4. The largest absolute Gasteiger partial charge is 0.368 e. The summed E-state index contributed by atoms with van der Waals surface area (Å²) < 4.78 is 2.75. The lowest BCUT2D eigenvalue weighted by Gasteiger charge is -2.04. The number of anilines is 3. The number of hydrogen-bond acceptors (Lipinski definition) is 8. The molecule has 4 rings (SSSR count). The van der Waals surface area contributed by atoms with Crippen LogP contribution in [0.25, 0.3) is 5.69 Å². The van der Waals surface area contributed by atoms with Gasteiger partial charge in [0.25, 0.3) is 5.91 Å². The van der Waals surface area contributed by atoms with Crippen LogP contribution in [0.15, 0.2) is 48.4 Å². The van der Waals surface area contributed by atoms with Crippen LogP contribution in [-0.4, -0.2) is 35.4 Å². The molecule has 0 spiro atoms. The first-order chi connectivity index (χ1) is 12.6. The van der Waals surface area contributed by atoms with Gasteiger partial charge in [0.05, 0.1) is 10.6 Å². The molecule has 0 saturated carbocycles. The summed E-state index contributed by atoms with van der Waals surface area (Å²) >= 11 is 1.35. The van der Waals surface area contributed by atoms with E-state index in [4.69, 9.17) is 5.73 Å². The number of aromatic nitrogens is 6. The Morgan fingerprint density at radius 1 is 1.23 bits per heavy atom. The van der Waals surface area contributed by atoms with Crippen molar-refractivity contribution in [3.63, 3.8) is 0 Å². The van der Waals surface area contributed by atoms with Crippen molar-refractivity contribution in [3.05, 3.63) is 58.8 Å². The molecule has 3 heterocycles. The van der Waals surface area contributed by atoms with Crippen LogP contribution in [0.2, 0.25) is 0 Å². The molecule has 0 aliphatic heterocycles. The molecule has 9 nitrogen and oxygen atoms in total. The number of carbonyl (C=O) groups is 1. The molecule has 0 unspecified atom stereocenters. The Bertz CT molecular complexity index is 1050. The van der Waals surface area contributed by atoms with E-state index in [1.807, 2.05) is 42.6 Å². The van der Waals surface area contributed by atoms with Crippen molar-refractivity contribution < 1.29 is 4.79 Å². The molecule has 0 radical (unpaired) electrons. The lowest BCUT2D eigenvalue weighted by atomic mass is 10.3. The number of thiophene rings is 1. The maximum absolute atomic E-state index is 12.5. The lowest BCUT2D eigenvalue weighted by Crippen LogP contribution is -2.16. The van der Waals surface area contributed by atoms with Crippen LogP contribution < -0.4 is 11.1 Å². The van der Waals surface area contributed by atoms with E-state index in [1.54, 1.807) is 11.0 Å². The Morgan fingerprint density at radius 2 is 2.04 bits per heavy atom. The number of benzene rings is 1. The van der Waals surface area contributed by atoms with E-state index >= 15 is 0 Å². The first kappa shape index (κ1) is 16.0. The van der Waals surface area contributed by atoms with Crippen LogP contribution in [0, 0.1) is 6.92 Å². The third kappa shape index (κ3) is 2.93. The van der Waals surface area contributed by atoms with E-state index in [9.17, 15) is 4.79 Å². The predicted octanol–water partition coefficient (Wildman–Crippen LogP) is 2.24. The van der Waals surface area contributed by atoms with E-state index in [0.717, 1.165) is 21.6 Å². The minimum atomic E-state index is -0.294. The van der Waals surface area contributed by atoms with Gasteiger partial charge in [-0.1, -0.05) is 0 Å². The van der Waals surface area contributed by atoms with Gasteiger partial charge in [-0.15, -0.1) is 16.4 Å². The van der Waals surface area contributed by atoms with Crippen LogP contribution in [0.4, 0.5) is 17.6 Å². The van der Waals surface area contributed by atoms with Gasteiger partial charge in [-0.25, -0.2) is 9.67 Å². The summed E-state index contributed by atoms with van der Waals surface area (Å²) in [5.74, 6) is -0.0137. The van der Waals surface area contributed by atoms with Crippen LogP contribution in [-0.2, 0) is 0 Å². The molecule has 1 aromatic carbocycles. The summed E-state index contributed by atoms with van der Waals surface area (Å²) in [6, 6.07) is 9.31. The smallest absolute Gasteiger partial charge is 0.291 e. The zero-order chi connectivity index (χ0) is 18.1. The van der Waals surface area contributed by atoms with E-state index in [2.05, 4.69) is 25.5 Å². The number of hydrogen-bond donors (Lipinski definition) is 2. The van der Waals surface area contributed by atoms with Gasteiger partial charge in [0.1, 0.15) is 12.7 Å². The number of aryl methyl sites for hydroxylation is 1. The molecule has 0 aliphatic rings. The van der Waals surface area contributed by atoms with Crippen molar-refractivity contribution in [1.29, 1.82) is 0 Å². The fourth-order valence-electron chi connectivity index (χ4n) is 2.38. The second-order valence-electron chi connectivity index (χ2n) is 5.46. The number of nitrogens with zero attached hydrogens (tertiary/aromatic N) is 6. The Morgan fingerprint density at radius 3 is 2.69 bits per heavy atom. The van der Waals surface area contributed by atoms with Gasteiger partial charge in [0.15, 0.2) is 0 Å². The standard InChI is InChI=1S/C16H14N8OS/c1-10-6-7-26-13(10)14(25)24-15(17)21-16(22-24)20-11-2-4-12(5-3-11)23-9-18-8-19-23/h2-9H,1H3,(H3,17,20,21,22). The molecule has 4 aromatic rings. The van der Waals surface area contributed by atoms with Crippen molar-refractivity contribution in [2.75, 3.05) is 11.1 Å². The normalized spacial score (nSPS) is 10.8. The van der Waals surface area contributed by atoms with Gasteiger partial charge in [-0.2, -0.15) is 14.8 Å². The Labute approximate surface area is 152 Å². The average molecular weight is 366 g/mol. The molecule has 26 heavy (non-hydrogen) atoms. The van der Waals surface area contributed by atoms with Crippen LogP contribution in [0.3, 0.4) is 0 Å². The van der Waals surface area contributed by atoms with Crippen molar-refractivity contribution >= 4 is 34.8 Å². The number of nitrogen functional groups attached to an aromatic ring is 1. The van der Waals surface area contributed by atoms with Crippen LogP contribution in [0.5, 0.6) is 0 Å². The maximum Gasteiger partial charge on any atom is 0.291 e. The maximum atomic E-state index is 12.5. The highest BCUT2D eigenvalue weighted by Gasteiger charge is 2.18. The van der Waals surface area contributed by atoms with E-state index in [-0.39, 0.29) is 17.8 Å². The first-order valence-electron chi connectivity index (χ1n) is 7.65. The molecule has 3 N–H and O–H groups in total. The van der Waals surface area contributed by atoms with E-state index in [1.165, 1.54) is 17.7 Å². The Hall–Kier alpha value is -3.53. The third-order valence-corrected chi connectivity index (χ3v) is 4.69. The van der Waals surface area contributed by atoms with Gasteiger partial charge in [-0.3, -0.25) is 4.79 Å². The van der Waals surface area contributed by atoms with Crippen LogP contribution >= 0.6 is 11.3 Å². The zero-order valence-corrected chi connectivity index (χ0v) is 14.5.